The van der Waals surface area contributed by atoms with Gasteiger partial charge < -0.3 is 19.5 Å². The van der Waals surface area contributed by atoms with E-state index < -0.39 is 6.09 Å². The minimum atomic E-state index is -0.876. The molecule has 0 saturated carbocycles. The lowest BCUT2D eigenvalue weighted by molar-refractivity contribution is 0.0101. The first-order chi connectivity index (χ1) is 12.6. The molecule has 2 aromatic heterocycles. The minimum Gasteiger partial charge on any atom is -0.506 e. The number of hydrogen-bond acceptors (Lipinski definition) is 6. The van der Waals surface area contributed by atoms with E-state index in [-0.39, 0.29) is 17.8 Å². The zero-order valence-electron chi connectivity index (χ0n) is 13.7. The zero-order chi connectivity index (χ0) is 17.8. The zero-order valence-corrected chi connectivity index (χ0v) is 13.7. The third kappa shape index (κ3) is 2.11. The number of aromatic nitrogens is 2. The maximum Gasteiger partial charge on any atom is 0.407 e. The normalized spacial score (nSPS) is 21.7. The monoisotopic (exact) mass is 352 g/mol. The number of amides is 1. The van der Waals surface area contributed by atoms with Gasteiger partial charge >= 0.3 is 6.09 Å². The lowest BCUT2D eigenvalue weighted by Gasteiger charge is -2.54. The Morgan fingerprint density at radius 2 is 2.00 bits per heavy atom. The molecule has 1 aromatic carbocycles. The van der Waals surface area contributed by atoms with E-state index in [0.29, 0.717) is 30.2 Å². The van der Waals surface area contributed by atoms with Crippen LogP contribution in [0.5, 0.6) is 5.75 Å². The SMILES string of the molecule is O=C(O)N1C2CC1CN(c1nc3c(O)ccc(-c4ccccn4)c3o1)C2. The van der Waals surface area contributed by atoms with E-state index in [9.17, 15) is 15.0 Å². The first kappa shape index (κ1) is 15.0. The molecular weight excluding hydrogens is 336 g/mol. The Labute approximate surface area is 148 Å². The van der Waals surface area contributed by atoms with Gasteiger partial charge in [0.1, 0.15) is 5.75 Å². The van der Waals surface area contributed by atoms with E-state index in [1.54, 1.807) is 18.3 Å². The molecule has 0 spiro atoms. The van der Waals surface area contributed by atoms with E-state index >= 15 is 0 Å². The highest BCUT2D eigenvalue weighted by Crippen LogP contribution is 2.39. The second-order valence-electron chi connectivity index (χ2n) is 6.66. The van der Waals surface area contributed by atoms with Crippen molar-refractivity contribution in [3.05, 3.63) is 36.5 Å². The van der Waals surface area contributed by atoms with Crippen molar-refractivity contribution in [2.24, 2.45) is 0 Å². The van der Waals surface area contributed by atoms with E-state index in [0.717, 1.165) is 17.7 Å². The average Bonchev–Trinajstić information content (AvgIpc) is 3.09. The molecule has 8 heteroatoms. The number of oxazole rings is 1. The maximum atomic E-state index is 11.3. The number of carboxylic acid groups (broad SMARTS) is 1. The molecule has 2 unspecified atom stereocenters. The van der Waals surface area contributed by atoms with Crippen LogP contribution in [0.1, 0.15) is 6.42 Å². The molecule has 26 heavy (non-hydrogen) atoms. The van der Waals surface area contributed by atoms with Crippen LogP contribution in [0.4, 0.5) is 10.8 Å². The molecule has 3 aromatic rings. The molecule has 2 N–H and O–H groups in total. The van der Waals surface area contributed by atoms with Crippen molar-refractivity contribution < 1.29 is 19.4 Å². The summed E-state index contributed by atoms with van der Waals surface area (Å²) in [6.45, 7) is 1.07. The third-order valence-corrected chi connectivity index (χ3v) is 5.14. The fourth-order valence-corrected chi connectivity index (χ4v) is 3.92. The number of anilines is 1. The number of fused-ring (bicyclic) bond motifs is 3. The molecule has 3 saturated heterocycles. The van der Waals surface area contributed by atoms with Crippen LogP contribution < -0.4 is 4.90 Å². The fourth-order valence-electron chi connectivity index (χ4n) is 3.92. The molecule has 0 radical (unpaired) electrons. The Kier molecular flexibility index (Phi) is 3.09. The molecule has 6 rings (SSSR count). The highest BCUT2D eigenvalue weighted by Gasteiger charge is 2.48. The number of aromatic hydroxyl groups is 1. The summed E-state index contributed by atoms with van der Waals surface area (Å²) < 4.78 is 5.99. The van der Waals surface area contributed by atoms with Gasteiger partial charge in [0, 0.05) is 24.8 Å². The van der Waals surface area contributed by atoms with Gasteiger partial charge in [-0.2, -0.15) is 4.98 Å². The number of nitrogens with zero attached hydrogens (tertiary/aromatic N) is 4. The van der Waals surface area contributed by atoms with Gasteiger partial charge in [0.25, 0.3) is 6.01 Å². The summed E-state index contributed by atoms with van der Waals surface area (Å²) in [5, 5.41) is 19.4. The Balaban J connectivity index is 1.53. The summed E-state index contributed by atoms with van der Waals surface area (Å²) >= 11 is 0. The first-order valence-electron chi connectivity index (χ1n) is 8.42. The summed E-state index contributed by atoms with van der Waals surface area (Å²) in [4.78, 5) is 23.5. The smallest absolute Gasteiger partial charge is 0.407 e. The molecule has 3 fully saturated rings. The highest BCUT2D eigenvalue weighted by molar-refractivity contribution is 5.93. The van der Waals surface area contributed by atoms with E-state index in [2.05, 4.69) is 9.97 Å². The Morgan fingerprint density at radius 3 is 2.69 bits per heavy atom. The largest absolute Gasteiger partial charge is 0.506 e. The van der Waals surface area contributed by atoms with E-state index in [1.807, 2.05) is 23.1 Å². The van der Waals surface area contributed by atoms with Crippen LogP contribution in [-0.2, 0) is 0 Å². The Bertz CT molecular complexity index is 991. The van der Waals surface area contributed by atoms with Crippen LogP contribution in [0.2, 0.25) is 0 Å². The Morgan fingerprint density at radius 1 is 1.19 bits per heavy atom. The third-order valence-electron chi connectivity index (χ3n) is 5.14. The van der Waals surface area contributed by atoms with Crippen molar-refractivity contribution in [1.82, 2.24) is 14.9 Å². The van der Waals surface area contributed by atoms with Crippen molar-refractivity contribution in [1.29, 1.82) is 0 Å². The highest BCUT2D eigenvalue weighted by atomic mass is 16.4. The van der Waals surface area contributed by atoms with Crippen LogP contribution in [0, 0.1) is 0 Å². The van der Waals surface area contributed by atoms with Crippen molar-refractivity contribution in [3.8, 4) is 17.0 Å². The van der Waals surface area contributed by atoms with Crippen molar-refractivity contribution in [3.63, 3.8) is 0 Å². The number of hydrogen-bond donors (Lipinski definition) is 2. The van der Waals surface area contributed by atoms with Gasteiger partial charge in [-0.15, -0.1) is 0 Å². The predicted octanol–water partition coefficient (Wildman–Crippen LogP) is 2.54. The van der Waals surface area contributed by atoms with Gasteiger partial charge in [-0.25, -0.2) is 4.79 Å². The molecule has 0 aliphatic carbocycles. The van der Waals surface area contributed by atoms with E-state index in [1.165, 1.54) is 4.90 Å². The molecule has 3 aliphatic heterocycles. The standard InChI is InChI=1S/C18H16N4O4/c23-14-5-4-12(13-3-1-2-6-19-13)16-15(14)20-17(26-16)21-8-10-7-11(9-21)22(10)18(24)25/h1-6,10-11,23H,7-9H2,(H,24,25). The van der Waals surface area contributed by atoms with Gasteiger partial charge in [-0.1, -0.05) is 6.07 Å². The summed E-state index contributed by atoms with van der Waals surface area (Å²) in [6.07, 6.45) is 1.69. The van der Waals surface area contributed by atoms with Gasteiger partial charge in [-0.05, 0) is 30.7 Å². The van der Waals surface area contributed by atoms with Gasteiger partial charge in [0.2, 0.25) is 0 Å². The number of rotatable bonds is 2. The first-order valence-corrected chi connectivity index (χ1v) is 8.42. The quantitative estimate of drug-likeness (QED) is 0.730. The van der Waals surface area contributed by atoms with Crippen molar-refractivity contribution in [2.45, 2.75) is 18.5 Å². The minimum absolute atomic E-state index is 0.0369. The number of phenolic OH excluding ortho intramolecular Hbond substituents is 1. The van der Waals surface area contributed by atoms with Crippen LogP contribution in [0.15, 0.2) is 40.9 Å². The Hall–Kier alpha value is -3.29. The van der Waals surface area contributed by atoms with Crippen LogP contribution in [0.3, 0.4) is 0 Å². The van der Waals surface area contributed by atoms with E-state index in [4.69, 9.17) is 4.42 Å². The topological polar surface area (TPSA) is 103 Å². The van der Waals surface area contributed by atoms with Crippen LogP contribution in [0.25, 0.3) is 22.4 Å². The summed E-state index contributed by atoms with van der Waals surface area (Å²) in [6, 6.07) is 9.26. The molecule has 8 nitrogen and oxygen atoms in total. The van der Waals surface area contributed by atoms with Gasteiger partial charge in [-0.3, -0.25) is 9.88 Å². The van der Waals surface area contributed by atoms with Crippen LogP contribution >= 0.6 is 0 Å². The lowest BCUT2D eigenvalue weighted by atomic mass is 9.88. The number of piperazine rings is 1. The van der Waals surface area contributed by atoms with Crippen LogP contribution in [-0.4, -0.2) is 56.3 Å². The molecule has 132 valence electrons. The molecule has 2 bridgehead atoms. The number of piperidine rings is 1. The molecule has 3 aliphatic rings. The summed E-state index contributed by atoms with van der Waals surface area (Å²) in [5.41, 5.74) is 2.36. The second-order valence-corrected chi connectivity index (χ2v) is 6.66. The maximum absolute atomic E-state index is 11.3. The summed E-state index contributed by atoms with van der Waals surface area (Å²) in [7, 11) is 0. The van der Waals surface area contributed by atoms with Crippen molar-refractivity contribution >= 4 is 23.2 Å². The lowest BCUT2D eigenvalue weighted by Crippen LogP contribution is -2.70. The van der Waals surface area contributed by atoms with Gasteiger partial charge in [0.15, 0.2) is 11.1 Å². The average molecular weight is 352 g/mol. The fraction of sp³-hybridized carbons (Fsp3) is 0.278. The number of carbonyl (C=O) groups is 1. The molecule has 2 atom stereocenters. The molecular formula is C18H16N4O4. The number of pyridine rings is 1. The molecule has 5 heterocycles. The molecule has 1 amide bonds. The summed E-state index contributed by atoms with van der Waals surface area (Å²) in [5.74, 6) is 0.0454. The van der Waals surface area contributed by atoms with Crippen molar-refractivity contribution in [2.75, 3.05) is 18.0 Å². The van der Waals surface area contributed by atoms with Gasteiger partial charge in [0.05, 0.1) is 17.8 Å². The second kappa shape index (κ2) is 5.35. The number of benzene rings is 1. The predicted molar refractivity (Wildman–Crippen MR) is 93.2 cm³/mol. The number of phenols is 1.